The molecule has 146 valence electrons. The molecule has 2 fully saturated rings. The van der Waals surface area contributed by atoms with Gasteiger partial charge in [0.25, 0.3) is 0 Å². The number of hydrogen-bond donors (Lipinski definition) is 1. The van der Waals surface area contributed by atoms with Crippen LogP contribution >= 0.6 is 0 Å². The first kappa shape index (κ1) is 12.7. The van der Waals surface area contributed by atoms with Crippen molar-refractivity contribution in [2.45, 2.75) is 82.8 Å². The first-order valence-electron chi connectivity index (χ1n) is 12.9. The molecule has 5 heteroatoms. The summed E-state index contributed by atoms with van der Waals surface area (Å²) in [4.78, 5) is 2.55. The first-order chi connectivity index (χ1) is 15.5. The van der Waals surface area contributed by atoms with Crippen molar-refractivity contribution in [1.82, 2.24) is 19.7 Å². The second kappa shape index (κ2) is 7.72. The molecule has 4 atom stereocenters. The topological polar surface area (TPSA) is 60.0 Å². The summed E-state index contributed by atoms with van der Waals surface area (Å²) in [6.07, 6.45) is 4.70. The van der Waals surface area contributed by atoms with Gasteiger partial charge in [-0.3, -0.25) is 4.90 Å². The number of rotatable bonds is 6. The molecule has 0 spiro atoms. The molecule has 2 aromatic rings. The van der Waals surface area contributed by atoms with Crippen LogP contribution in [0.5, 0.6) is 0 Å². The molecule has 1 unspecified atom stereocenters. The molecule has 0 aliphatic carbocycles. The van der Waals surface area contributed by atoms with Crippen LogP contribution in [0.25, 0.3) is 0 Å². The van der Waals surface area contributed by atoms with Gasteiger partial charge in [0.2, 0.25) is 0 Å². The number of aromatic nitrogens is 3. The van der Waals surface area contributed by atoms with Crippen molar-refractivity contribution < 1.29 is 8.22 Å². The molecule has 0 radical (unpaired) electrons. The molecule has 1 aromatic carbocycles. The molecule has 2 saturated heterocycles. The van der Waals surface area contributed by atoms with E-state index in [1.165, 1.54) is 0 Å². The molecule has 2 N–H and O–H groups in total. The zero-order valence-electron chi connectivity index (χ0n) is 21.9. The summed E-state index contributed by atoms with van der Waals surface area (Å²) in [5.74, 6) is -1.00. The van der Waals surface area contributed by atoms with Gasteiger partial charge in [-0.15, -0.1) is 10.2 Å². The minimum atomic E-state index is -2.68. The average Bonchev–Trinajstić information content (AvgIpc) is 3.19. The zero-order chi connectivity index (χ0) is 24.0. The van der Waals surface area contributed by atoms with E-state index >= 15 is 0 Å². The number of fused-ring (bicyclic) bond motifs is 2. The Labute approximate surface area is 171 Å². The Morgan fingerprint density at radius 3 is 2.48 bits per heavy atom. The molecule has 1 aromatic heterocycles. The van der Waals surface area contributed by atoms with Crippen molar-refractivity contribution in [3.63, 3.8) is 0 Å². The van der Waals surface area contributed by atoms with Crippen LogP contribution in [0.1, 0.15) is 89.2 Å². The fraction of sp³-hybridized carbons (Fsp3) is 0.636. The summed E-state index contributed by atoms with van der Waals surface area (Å²) in [7, 11) is 0. The number of aryl methyl sites for hydroxylation is 1. The predicted octanol–water partition coefficient (Wildman–Crippen LogP) is 3.97. The van der Waals surface area contributed by atoms with E-state index in [1.807, 2.05) is 22.8 Å². The van der Waals surface area contributed by atoms with Crippen LogP contribution in [0.15, 0.2) is 30.3 Å². The molecule has 2 aliphatic rings. The van der Waals surface area contributed by atoms with Crippen molar-refractivity contribution >= 4 is 0 Å². The fourth-order valence-corrected chi connectivity index (χ4v) is 5.01. The van der Waals surface area contributed by atoms with Gasteiger partial charge in [0.1, 0.15) is 11.6 Å². The largest absolute Gasteiger partial charge is 0.324 e. The molecule has 4 rings (SSSR count). The molecular weight excluding hydrogens is 334 g/mol. The molecule has 5 nitrogen and oxygen atoms in total. The zero-order valence-corrected chi connectivity index (χ0v) is 15.9. The fourth-order valence-electron chi connectivity index (χ4n) is 5.01. The van der Waals surface area contributed by atoms with Crippen LogP contribution in [0, 0.1) is 6.92 Å². The van der Waals surface area contributed by atoms with Gasteiger partial charge in [-0.25, -0.2) is 0 Å². The lowest BCUT2D eigenvalue weighted by Gasteiger charge is -2.40. The normalized spacial score (nSPS) is 30.9. The van der Waals surface area contributed by atoms with E-state index in [0.717, 1.165) is 44.2 Å². The maximum Gasteiger partial charge on any atom is 0.135 e. The smallest absolute Gasteiger partial charge is 0.135 e. The van der Waals surface area contributed by atoms with Gasteiger partial charge in [0.15, 0.2) is 0 Å². The molecule has 2 aliphatic heterocycles. The summed E-state index contributed by atoms with van der Waals surface area (Å²) in [5, 5.41) is 8.17. The lowest BCUT2D eigenvalue weighted by molar-refractivity contribution is 0.101. The van der Waals surface area contributed by atoms with Gasteiger partial charge in [0, 0.05) is 44.9 Å². The summed E-state index contributed by atoms with van der Waals surface area (Å²) in [5.41, 5.74) is 7.57. The number of nitrogens with zero attached hydrogens (tertiary/aromatic N) is 4. The number of nitrogens with two attached hydrogens (primary N) is 1. The standard InChI is InChI=1S/C22H33N5/c1-15(2)22-25-24-16(3)27(22)20-13-18-9-10-19(14-20)26(18)12-11-21(23)17-7-5-4-6-8-17/h4-8,15,18-21H,9-14,23H2,1-3H3/t18-,19+,20?,21-/m0/s1/i1D3,2D3. The van der Waals surface area contributed by atoms with Gasteiger partial charge >= 0.3 is 0 Å². The summed E-state index contributed by atoms with van der Waals surface area (Å²) < 4.78 is 49.0. The molecule has 2 bridgehead atoms. The lowest BCUT2D eigenvalue weighted by Crippen LogP contribution is -2.44. The third-order valence-electron chi connectivity index (χ3n) is 6.30. The van der Waals surface area contributed by atoms with Gasteiger partial charge < -0.3 is 10.3 Å². The van der Waals surface area contributed by atoms with Crippen molar-refractivity contribution in [3.8, 4) is 0 Å². The average molecular weight is 374 g/mol. The molecular formula is C22H33N5. The molecule has 3 heterocycles. The van der Waals surface area contributed by atoms with E-state index in [0.29, 0.717) is 17.9 Å². The maximum absolute atomic E-state index is 7.86. The highest BCUT2D eigenvalue weighted by molar-refractivity contribution is 5.18. The van der Waals surface area contributed by atoms with Gasteiger partial charge in [-0.05, 0) is 44.6 Å². The Morgan fingerprint density at radius 2 is 1.81 bits per heavy atom. The van der Waals surface area contributed by atoms with E-state index in [4.69, 9.17) is 14.0 Å². The lowest BCUT2D eigenvalue weighted by atomic mass is 9.95. The Hall–Kier alpha value is -1.72. The number of hydrogen-bond acceptors (Lipinski definition) is 4. The number of benzene rings is 1. The van der Waals surface area contributed by atoms with Crippen LogP contribution in [0.4, 0.5) is 0 Å². The monoisotopic (exact) mass is 373 g/mol. The van der Waals surface area contributed by atoms with Crippen LogP contribution in [0.3, 0.4) is 0 Å². The second-order valence-electron chi connectivity index (χ2n) is 7.96. The first-order valence-corrected chi connectivity index (χ1v) is 9.94. The molecule has 0 amide bonds. The van der Waals surface area contributed by atoms with Crippen LogP contribution in [-0.2, 0) is 0 Å². The van der Waals surface area contributed by atoms with Crippen molar-refractivity contribution in [3.05, 3.63) is 47.5 Å². The summed E-state index contributed by atoms with van der Waals surface area (Å²) in [6, 6.07) is 10.9. The third kappa shape index (κ3) is 3.67. The Bertz CT molecular complexity index is 913. The van der Waals surface area contributed by atoms with Crippen molar-refractivity contribution in [1.29, 1.82) is 0 Å². The van der Waals surface area contributed by atoms with E-state index in [9.17, 15) is 0 Å². The quantitative estimate of drug-likeness (QED) is 0.832. The Balaban J connectivity index is 1.50. The van der Waals surface area contributed by atoms with Crippen LogP contribution < -0.4 is 5.73 Å². The van der Waals surface area contributed by atoms with E-state index < -0.39 is 19.6 Å². The molecule has 27 heavy (non-hydrogen) atoms. The SMILES string of the molecule is [2H]C([2H])([2H])C(c1nnc(C)n1C1C[C@H]2CC[C@@H](C1)N2CC[C@H](N)c1ccccc1)C([2H])([2H])[2H]. The second-order valence-corrected chi connectivity index (χ2v) is 7.96. The van der Waals surface area contributed by atoms with Crippen molar-refractivity contribution in [2.24, 2.45) is 5.73 Å². The van der Waals surface area contributed by atoms with Crippen LogP contribution in [0.2, 0.25) is 0 Å². The van der Waals surface area contributed by atoms with Crippen LogP contribution in [-0.4, -0.2) is 38.3 Å². The molecule has 0 saturated carbocycles. The highest BCUT2D eigenvalue weighted by Crippen LogP contribution is 2.42. The minimum Gasteiger partial charge on any atom is -0.324 e. The van der Waals surface area contributed by atoms with E-state index in [-0.39, 0.29) is 17.9 Å². The van der Waals surface area contributed by atoms with Gasteiger partial charge in [-0.1, -0.05) is 44.0 Å². The van der Waals surface area contributed by atoms with Gasteiger partial charge in [-0.2, -0.15) is 0 Å². The number of piperidine rings is 1. The Morgan fingerprint density at radius 1 is 1.11 bits per heavy atom. The minimum absolute atomic E-state index is 0.00116. The van der Waals surface area contributed by atoms with E-state index in [2.05, 4.69) is 27.2 Å². The highest BCUT2D eigenvalue weighted by atomic mass is 15.3. The van der Waals surface area contributed by atoms with Gasteiger partial charge in [0.05, 0.1) is 0 Å². The maximum atomic E-state index is 7.86. The van der Waals surface area contributed by atoms with Crippen molar-refractivity contribution in [2.75, 3.05) is 6.54 Å². The highest BCUT2D eigenvalue weighted by Gasteiger charge is 2.42. The Kier molecular flexibility index (Phi) is 3.63. The predicted molar refractivity (Wildman–Crippen MR) is 109 cm³/mol. The third-order valence-corrected chi connectivity index (χ3v) is 6.30. The summed E-state index contributed by atoms with van der Waals surface area (Å²) >= 11 is 0. The summed E-state index contributed by atoms with van der Waals surface area (Å²) in [6.45, 7) is -2.68. The van der Waals surface area contributed by atoms with E-state index in [1.54, 1.807) is 6.92 Å².